The SMILES string of the molecule is c1ccc2c(c1)B1c3ccccc3N(c3ccc4oc5c6ccccc6ccc5c4c3)c3cccc(c31)N2c1ccc(-c2ccc3oc4ccccc4c3c2)cc1. The van der Waals surface area contributed by atoms with Crippen LogP contribution in [0.2, 0.25) is 0 Å². The molecular formula is C52H31BN2O2. The highest BCUT2D eigenvalue weighted by Crippen LogP contribution is 2.45. The Balaban J connectivity index is 0.972. The van der Waals surface area contributed by atoms with E-state index in [1.807, 2.05) is 12.1 Å². The number of para-hydroxylation sites is 3. The Labute approximate surface area is 328 Å². The quantitative estimate of drug-likeness (QED) is 0.170. The van der Waals surface area contributed by atoms with Crippen LogP contribution in [0.3, 0.4) is 0 Å². The van der Waals surface area contributed by atoms with E-state index in [4.69, 9.17) is 8.83 Å². The number of anilines is 6. The van der Waals surface area contributed by atoms with Gasteiger partial charge in [-0.05, 0) is 112 Å². The van der Waals surface area contributed by atoms with Crippen molar-refractivity contribution in [1.29, 1.82) is 0 Å². The summed E-state index contributed by atoms with van der Waals surface area (Å²) in [4.78, 5) is 4.90. The zero-order valence-electron chi connectivity index (χ0n) is 30.7. The molecule has 0 spiro atoms. The number of nitrogens with zero attached hydrogens (tertiary/aromatic N) is 2. The first-order valence-electron chi connectivity index (χ1n) is 19.5. The van der Waals surface area contributed by atoms with Crippen molar-refractivity contribution in [3.63, 3.8) is 0 Å². The Morgan fingerprint density at radius 2 is 0.930 bits per heavy atom. The molecule has 0 unspecified atom stereocenters. The first-order chi connectivity index (χ1) is 28.3. The van der Waals surface area contributed by atoms with Gasteiger partial charge in [-0.2, -0.15) is 0 Å². The molecule has 5 heteroatoms. The van der Waals surface area contributed by atoms with Gasteiger partial charge in [0.15, 0.2) is 0 Å². The summed E-state index contributed by atoms with van der Waals surface area (Å²) in [5.41, 5.74) is 16.9. The van der Waals surface area contributed by atoms with Gasteiger partial charge in [0.2, 0.25) is 0 Å². The summed E-state index contributed by atoms with van der Waals surface area (Å²) in [6, 6.07) is 67.9. The van der Waals surface area contributed by atoms with Gasteiger partial charge in [0.05, 0.1) is 0 Å². The zero-order chi connectivity index (χ0) is 37.2. The molecule has 9 aromatic carbocycles. The number of hydrogen-bond acceptors (Lipinski definition) is 4. The average Bonchev–Trinajstić information content (AvgIpc) is 3.84. The van der Waals surface area contributed by atoms with E-state index in [9.17, 15) is 0 Å². The smallest absolute Gasteiger partial charge is 0.252 e. The predicted molar refractivity (Wildman–Crippen MR) is 238 cm³/mol. The van der Waals surface area contributed by atoms with Crippen LogP contribution in [0.4, 0.5) is 34.1 Å². The zero-order valence-corrected chi connectivity index (χ0v) is 30.7. The molecule has 0 atom stereocenters. The van der Waals surface area contributed by atoms with E-state index in [2.05, 4.69) is 186 Å². The first-order valence-corrected chi connectivity index (χ1v) is 19.5. The predicted octanol–water partition coefficient (Wildman–Crippen LogP) is 12.4. The molecule has 0 saturated heterocycles. The number of fused-ring (bicyclic) bond motifs is 12. The van der Waals surface area contributed by atoms with E-state index >= 15 is 0 Å². The minimum Gasteiger partial charge on any atom is -0.456 e. The lowest BCUT2D eigenvalue weighted by molar-refractivity contribution is 0.669. The first kappa shape index (κ1) is 30.8. The lowest BCUT2D eigenvalue weighted by Crippen LogP contribution is -2.61. The summed E-state index contributed by atoms with van der Waals surface area (Å²) >= 11 is 0. The molecule has 4 nitrogen and oxygen atoms in total. The van der Waals surface area contributed by atoms with E-state index in [1.54, 1.807) is 0 Å². The third-order valence-corrected chi connectivity index (χ3v) is 12.2. The summed E-state index contributed by atoms with van der Waals surface area (Å²) in [5, 5.41) is 6.84. The molecule has 2 aliphatic rings. The van der Waals surface area contributed by atoms with Gasteiger partial charge in [0.1, 0.15) is 22.3 Å². The molecule has 0 saturated carbocycles. The Morgan fingerprint density at radius 1 is 0.351 bits per heavy atom. The van der Waals surface area contributed by atoms with Crippen LogP contribution in [0.5, 0.6) is 0 Å². The van der Waals surface area contributed by atoms with E-state index in [0.29, 0.717) is 0 Å². The van der Waals surface area contributed by atoms with Crippen LogP contribution in [0, 0.1) is 0 Å². The Bertz CT molecular complexity index is 3450. The van der Waals surface area contributed by atoms with Crippen LogP contribution < -0.4 is 26.2 Å². The maximum Gasteiger partial charge on any atom is 0.252 e. The molecule has 0 fully saturated rings. The summed E-state index contributed by atoms with van der Waals surface area (Å²) in [6.45, 7) is 0.0803. The fraction of sp³-hybridized carbons (Fsp3) is 0. The van der Waals surface area contributed by atoms with Gasteiger partial charge in [0.25, 0.3) is 6.71 Å². The third-order valence-electron chi connectivity index (χ3n) is 12.2. The minimum absolute atomic E-state index is 0.0803. The normalized spacial score (nSPS) is 13.2. The minimum atomic E-state index is 0.0803. The molecule has 2 aromatic heterocycles. The van der Waals surface area contributed by atoms with Crippen molar-refractivity contribution in [2.75, 3.05) is 9.80 Å². The lowest BCUT2D eigenvalue weighted by Gasteiger charge is -2.44. The number of benzene rings is 9. The van der Waals surface area contributed by atoms with Crippen molar-refractivity contribution in [2.45, 2.75) is 0 Å². The second-order valence-corrected chi connectivity index (χ2v) is 15.2. The molecule has 0 aliphatic carbocycles. The van der Waals surface area contributed by atoms with Crippen LogP contribution in [-0.2, 0) is 0 Å². The monoisotopic (exact) mass is 726 g/mol. The fourth-order valence-corrected chi connectivity index (χ4v) is 9.73. The number of rotatable bonds is 3. The second-order valence-electron chi connectivity index (χ2n) is 15.2. The summed E-state index contributed by atoms with van der Waals surface area (Å²) in [5.74, 6) is 0. The van der Waals surface area contributed by atoms with Crippen LogP contribution in [0.1, 0.15) is 0 Å². The topological polar surface area (TPSA) is 32.8 Å². The van der Waals surface area contributed by atoms with Gasteiger partial charge in [0, 0.05) is 61.1 Å². The summed E-state index contributed by atoms with van der Waals surface area (Å²) in [7, 11) is 0. The highest BCUT2D eigenvalue weighted by Gasteiger charge is 2.42. The number of hydrogen-bond donors (Lipinski definition) is 0. The molecule has 4 heterocycles. The van der Waals surface area contributed by atoms with Gasteiger partial charge in [-0.1, -0.05) is 109 Å². The largest absolute Gasteiger partial charge is 0.456 e. The van der Waals surface area contributed by atoms with Gasteiger partial charge in [-0.15, -0.1) is 0 Å². The lowest BCUT2D eigenvalue weighted by atomic mass is 9.33. The summed E-state index contributed by atoms with van der Waals surface area (Å²) < 4.78 is 12.7. The van der Waals surface area contributed by atoms with Crippen LogP contribution in [-0.4, -0.2) is 6.71 Å². The van der Waals surface area contributed by atoms with Crippen LogP contribution in [0.15, 0.2) is 197 Å². The molecule has 11 aromatic rings. The standard InChI is InChI=1S/C52H31BN2O2/c1-2-11-37-33(10-1)22-27-39-41-31-36(26-29-50(41)57-52(37)39)55-45-16-7-5-14-43(45)53-42-13-4-6-15-44(42)54(46-17-9-18-47(55)51(46)53)35-24-20-32(21-25-35)34-23-28-49-40(30-34)38-12-3-8-19-48(38)56-49/h1-31H. The number of furan rings is 2. The van der Waals surface area contributed by atoms with Crippen molar-refractivity contribution in [1.82, 2.24) is 0 Å². The second kappa shape index (κ2) is 11.5. The van der Waals surface area contributed by atoms with Crippen molar-refractivity contribution in [2.24, 2.45) is 0 Å². The van der Waals surface area contributed by atoms with Crippen LogP contribution in [0.25, 0.3) is 65.8 Å². The Hall–Kier alpha value is -7.50. The summed E-state index contributed by atoms with van der Waals surface area (Å²) in [6.07, 6.45) is 0. The van der Waals surface area contributed by atoms with E-state index < -0.39 is 0 Å². The maximum atomic E-state index is 6.55. The molecule has 264 valence electrons. The molecule has 0 N–H and O–H groups in total. The highest BCUT2D eigenvalue weighted by atomic mass is 16.3. The van der Waals surface area contributed by atoms with Gasteiger partial charge < -0.3 is 18.6 Å². The van der Waals surface area contributed by atoms with Gasteiger partial charge in [-0.3, -0.25) is 0 Å². The molecular weight excluding hydrogens is 695 g/mol. The van der Waals surface area contributed by atoms with E-state index in [-0.39, 0.29) is 6.71 Å². The van der Waals surface area contributed by atoms with E-state index in [1.165, 1.54) is 55.7 Å². The molecule has 57 heavy (non-hydrogen) atoms. The third kappa shape index (κ3) is 4.34. The average molecular weight is 727 g/mol. The van der Waals surface area contributed by atoms with Crippen molar-refractivity contribution in [3.8, 4) is 11.1 Å². The molecule has 13 rings (SSSR count). The van der Waals surface area contributed by atoms with Crippen LogP contribution >= 0.6 is 0 Å². The maximum absolute atomic E-state index is 6.55. The van der Waals surface area contributed by atoms with E-state index in [0.717, 1.165) is 60.6 Å². The van der Waals surface area contributed by atoms with Gasteiger partial charge in [-0.25, -0.2) is 0 Å². The van der Waals surface area contributed by atoms with Gasteiger partial charge >= 0.3 is 0 Å². The molecule has 0 amide bonds. The highest BCUT2D eigenvalue weighted by molar-refractivity contribution is 7.00. The molecule has 0 radical (unpaired) electrons. The van der Waals surface area contributed by atoms with Crippen molar-refractivity contribution >= 4 is 112 Å². The van der Waals surface area contributed by atoms with Crippen molar-refractivity contribution < 1.29 is 8.83 Å². The fourth-order valence-electron chi connectivity index (χ4n) is 9.73. The Morgan fingerprint density at radius 3 is 1.74 bits per heavy atom. The molecule has 0 bridgehead atoms. The van der Waals surface area contributed by atoms with Crippen molar-refractivity contribution in [3.05, 3.63) is 188 Å². The Kier molecular flexibility index (Phi) is 6.22. The molecule has 2 aliphatic heterocycles.